The van der Waals surface area contributed by atoms with E-state index in [0.717, 1.165) is 11.5 Å². The summed E-state index contributed by atoms with van der Waals surface area (Å²) in [5.41, 5.74) is 0.782. The number of hydrogen-bond acceptors (Lipinski definition) is 3. The molecule has 0 amide bonds. The Labute approximate surface area is 333 Å². The van der Waals surface area contributed by atoms with Crippen molar-refractivity contribution in [1.82, 2.24) is 20.2 Å². The number of pyridine rings is 1. The second-order valence-electron chi connectivity index (χ2n) is 13.2. The van der Waals surface area contributed by atoms with Gasteiger partial charge in [-0.15, -0.1) is 0 Å². The molecule has 0 bridgehead atoms. The number of hydrogen-bond donors (Lipinski definition) is 1. The van der Waals surface area contributed by atoms with E-state index in [1.54, 1.807) is 6.20 Å². The summed E-state index contributed by atoms with van der Waals surface area (Å²) in [4.78, 5) is 8.62. The SMILES string of the molecule is CC(C)(C)c1nc(-c2ccccn2)n[nH]1.[Cu].c1ccc(P(c2ccccc2)c2ccccc2)cc1.c1ccc(P(c2ccccc2)c2ccccc2)cc1. The average molecular weight is 790 g/mol. The third kappa shape index (κ3) is 11.3. The van der Waals surface area contributed by atoms with Crippen LogP contribution in [-0.2, 0) is 22.5 Å². The van der Waals surface area contributed by atoms with Crippen molar-refractivity contribution in [3.05, 3.63) is 212 Å². The minimum absolute atomic E-state index is 0. The van der Waals surface area contributed by atoms with Crippen molar-refractivity contribution in [1.29, 1.82) is 0 Å². The fourth-order valence-electron chi connectivity index (χ4n) is 5.56. The summed E-state index contributed by atoms with van der Waals surface area (Å²) in [6.07, 6.45) is 1.74. The van der Waals surface area contributed by atoms with Crippen LogP contribution in [0.1, 0.15) is 26.6 Å². The number of H-pyrrole nitrogens is 1. The quantitative estimate of drug-likeness (QED) is 0.130. The Balaban J connectivity index is 0.000000156. The molecular formula is C47H44CuN4P2. The van der Waals surface area contributed by atoms with Crippen LogP contribution < -0.4 is 31.8 Å². The first-order chi connectivity index (χ1) is 26.0. The molecule has 0 aliphatic carbocycles. The molecule has 6 aromatic carbocycles. The Morgan fingerprint density at radius 3 is 0.944 bits per heavy atom. The first kappa shape index (κ1) is 40.2. The Morgan fingerprint density at radius 2 is 0.704 bits per heavy atom. The van der Waals surface area contributed by atoms with Gasteiger partial charge in [0.05, 0.1) is 0 Å². The molecule has 1 N–H and O–H groups in total. The van der Waals surface area contributed by atoms with E-state index in [-0.39, 0.29) is 22.5 Å². The smallest absolute Gasteiger partial charge is 0.199 e. The van der Waals surface area contributed by atoms with Crippen LogP contribution in [0.25, 0.3) is 11.5 Å². The van der Waals surface area contributed by atoms with Gasteiger partial charge >= 0.3 is 0 Å². The van der Waals surface area contributed by atoms with E-state index in [4.69, 9.17) is 0 Å². The van der Waals surface area contributed by atoms with Crippen LogP contribution in [0.2, 0.25) is 0 Å². The average Bonchev–Trinajstić information content (AvgIpc) is 3.74. The predicted octanol–water partition coefficient (Wildman–Crippen LogP) is 9.05. The van der Waals surface area contributed by atoms with Crippen LogP contribution in [0.15, 0.2) is 206 Å². The van der Waals surface area contributed by atoms with Gasteiger partial charge in [0.25, 0.3) is 0 Å². The van der Waals surface area contributed by atoms with Gasteiger partial charge in [0.2, 0.25) is 0 Å². The molecular weight excluding hydrogens is 746 g/mol. The number of benzene rings is 6. The predicted molar refractivity (Wildman–Crippen MR) is 229 cm³/mol. The Morgan fingerprint density at radius 1 is 0.407 bits per heavy atom. The molecule has 8 rings (SSSR count). The summed E-state index contributed by atoms with van der Waals surface area (Å²) < 4.78 is 0. The molecule has 0 saturated heterocycles. The second kappa shape index (κ2) is 20.4. The van der Waals surface area contributed by atoms with Crippen molar-refractivity contribution >= 4 is 47.7 Å². The van der Waals surface area contributed by atoms with Crippen LogP contribution in [0.4, 0.5) is 0 Å². The van der Waals surface area contributed by atoms with Crippen molar-refractivity contribution in [2.24, 2.45) is 0 Å². The van der Waals surface area contributed by atoms with Gasteiger partial charge < -0.3 is 0 Å². The molecule has 0 aliphatic rings. The van der Waals surface area contributed by atoms with Gasteiger partial charge in [-0.1, -0.05) is 209 Å². The molecule has 2 heterocycles. The third-order valence-electron chi connectivity index (χ3n) is 8.18. The summed E-state index contributed by atoms with van der Waals surface area (Å²) >= 11 is 0. The van der Waals surface area contributed by atoms with E-state index in [1.165, 1.54) is 31.8 Å². The fourth-order valence-corrected chi connectivity index (χ4v) is 10.2. The fraction of sp³-hybridized carbons (Fsp3) is 0.0851. The largest absolute Gasteiger partial charge is 0.262 e. The van der Waals surface area contributed by atoms with E-state index in [1.807, 2.05) is 18.2 Å². The van der Waals surface area contributed by atoms with Crippen molar-refractivity contribution in [2.45, 2.75) is 26.2 Å². The van der Waals surface area contributed by atoms with Gasteiger partial charge in [-0.2, -0.15) is 5.10 Å². The van der Waals surface area contributed by atoms with Gasteiger partial charge in [-0.05, 0) is 59.8 Å². The molecule has 0 spiro atoms. The molecule has 0 unspecified atom stereocenters. The van der Waals surface area contributed by atoms with Crippen LogP contribution in [0.3, 0.4) is 0 Å². The summed E-state index contributed by atoms with van der Waals surface area (Å²) in [6, 6.07) is 70.4. The topological polar surface area (TPSA) is 54.5 Å². The van der Waals surface area contributed by atoms with E-state index < -0.39 is 15.8 Å². The van der Waals surface area contributed by atoms with Crippen LogP contribution in [-0.4, -0.2) is 20.2 Å². The number of nitrogens with one attached hydrogen (secondary N) is 1. The molecule has 0 atom stereocenters. The van der Waals surface area contributed by atoms with Crippen LogP contribution >= 0.6 is 15.8 Å². The monoisotopic (exact) mass is 789 g/mol. The zero-order valence-corrected chi connectivity index (χ0v) is 33.4. The van der Waals surface area contributed by atoms with E-state index in [2.05, 4.69) is 223 Å². The van der Waals surface area contributed by atoms with E-state index in [0.29, 0.717) is 5.82 Å². The van der Waals surface area contributed by atoms with Crippen molar-refractivity contribution in [3.8, 4) is 11.5 Å². The number of nitrogens with zero attached hydrogens (tertiary/aromatic N) is 3. The van der Waals surface area contributed by atoms with Gasteiger partial charge in [0.1, 0.15) is 11.5 Å². The summed E-state index contributed by atoms with van der Waals surface area (Å²) in [5, 5.41) is 15.5. The molecule has 273 valence electrons. The van der Waals surface area contributed by atoms with Crippen molar-refractivity contribution < 1.29 is 17.1 Å². The third-order valence-corrected chi connectivity index (χ3v) is 13.1. The Hall–Kier alpha value is -5.01. The zero-order chi connectivity index (χ0) is 36.7. The molecule has 1 radical (unpaired) electrons. The molecule has 4 nitrogen and oxygen atoms in total. The van der Waals surface area contributed by atoms with Crippen molar-refractivity contribution in [2.75, 3.05) is 0 Å². The molecule has 0 aliphatic heterocycles. The van der Waals surface area contributed by atoms with Gasteiger partial charge in [-0.3, -0.25) is 10.1 Å². The van der Waals surface area contributed by atoms with Gasteiger partial charge in [0.15, 0.2) is 5.82 Å². The molecule has 0 fully saturated rings. The van der Waals surface area contributed by atoms with E-state index in [9.17, 15) is 0 Å². The maximum atomic E-state index is 4.42. The Bertz CT molecular complexity index is 1890. The summed E-state index contributed by atoms with van der Waals surface area (Å²) in [6.45, 7) is 6.28. The zero-order valence-electron chi connectivity index (χ0n) is 30.7. The van der Waals surface area contributed by atoms with Crippen LogP contribution in [0.5, 0.6) is 0 Å². The minimum Gasteiger partial charge on any atom is -0.262 e. The number of aromatic nitrogens is 4. The number of aromatic amines is 1. The summed E-state index contributed by atoms with van der Waals surface area (Å²) in [7, 11) is -0.892. The first-order valence-corrected chi connectivity index (χ1v) is 20.4. The first-order valence-electron chi connectivity index (χ1n) is 17.7. The standard InChI is InChI=1S/2C18H15P.C11H14N4.Cu/c2*1-4-10-16(11-5-1)19(17-12-6-2-7-13-17)18-14-8-3-9-15-18;1-11(2,3)10-13-9(14-15-10)8-6-4-5-7-12-8;/h2*1-15H;4-7H,1-3H3,(H,13,14,15);. The van der Waals surface area contributed by atoms with E-state index >= 15 is 0 Å². The summed E-state index contributed by atoms with van der Waals surface area (Å²) in [5.74, 6) is 1.53. The van der Waals surface area contributed by atoms with Crippen molar-refractivity contribution in [3.63, 3.8) is 0 Å². The normalized spacial score (nSPS) is 10.7. The van der Waals surface area contributed by atoms with Gasteiger partial charge in [-0.25, -0.2) is 4.98 Å². The molecule has 7 heteroatoms. The van der Waals surface area contributed by atoms with Gasteiger partial charge in [0, 0.05) is 28.7 Å². The Kier molecular flexibility index (Phi) is 15.2. The molecule has 2 aromatic heterocycles. The van der Waals surface area contributed by atoms with Crippen LogP contribution in [0, 0.1) is 0 Å². The second-order valence-corrected chi connectivity index (χ2v) is 17.6. The molecule has 8 aromatic rings. The minimum atomic E-state index is -0.446. The molecule has 54 heavy (non-hydrogen) atoms. The number of rotatable bonds is 7. The maximum Gasteiger partial charge on any atom is 0.199 e. The molecule has 0 saturated carbocycles. The maximum absolute atomic E-state index is 4.42.